The van der Waals surface area contributed by atoms with Crippen molar-refractivity contribution in [3.8, 4) is 0 Å². The lowest BCUT2D eigenvalue weighted by Crippen LogP contribution is -2.33. The Hall–Kier alpha value is -0.870. The van der Waals surface area contributed by atoms with E-state index in [2.05, 4.69) is 34.0 Å². The van der Waals surface area contributed by atoms with Gasteiger partial charge in [-0.05, 0) is 25.9 Å². The van der Waals surface area contributed by atoms with Crippen molar-refractivity contribution in [2.24, 2.45) is 0 Å². The molecule has 106 valence electrons. The Morgan fingerprint density at radius 1 is 1.26 bits per heavy atom. The summed E-state index contributed by atoms with van der Waals surface area (Å²) in [5.41, 5.74) is 0. The number of nitrogens with one attached hydrogen (secondary N) is 1. The van der Waals surface area contributed by atoms with Crippen LogP contribution in [-0.4, -0.2) is 41.0 Å². The van der Waals surface area contributed by atoms with Gasteiger partial charge in [-0.15, -0.1) is 0 Å². The second-order valence-electron chi connectivity index (χ2n) is 5.42. The van der Waals surface area contributed by atoms with Gasteiger partial charge in [-0.1, -0.05) is 31.9 Å². The predicted molar refractivity (Wildman–Crippen MR) is 79.9 cm³/mol. The molecule has 5 heteroatoms. The van der Waals surface area contributed by atoms with Crippen LogP contribution in [0.5, 0.6) is 0 Å². The first-order valence-corrected chi connectivity index (χ1v) is 7.53. The Balaban J connectivity index is 1.84. The second kappa shape index (κ2) is 7.06. The summed E-state index contributed by atoms with van der Waals surface area (Å²) >= 11 is 6.02. The van der Waals surface area contributed by atoms with Gasteiger partial charge in [-0.2, -0.15) is 0 Å². The fourth-order valence-electron chi connectivity index (χ4n) is 2.31. The van der Waals surface area contributed by atoms with Gasteiger partial charge in [0.2, 0.25) is 0 Å². The summed E-state index contributed by atoms with van der Waals surface area (Å²) in [7, 11) is 0. The highest BCUT2D eigenvalue weighted by Crippen LogP contribution is 2.17. The highest BCUT2D eigenvalue weighted by molar-refractivity contribution is 6.29. The number of nitrogens with zero attached hydrogens (tertiary/aromatic N) is 3. The van der Waals surface area contributed by atoms with Crippen molar-refractivity contribution in [2.75, 3.05) is 31.5 Å². The molecular weight excluding hydrogens is 260 g/mol. The minimum atomic E-state index is 0.293. The van der Waals surface area contributed by atoms with Crippen molar-refractivity contribution in [3.63, 3.8) is 0 Å². The van der Waals surface area contributed by atoms with Crippen molar-refractivity contribution >= 4 is 17.4 Å². The van der Waals surface area contributed by atoms with Crippen LogP contribution in [0.4, 0.5) is 5.82 Å². The van der Waals surface area contributed by atoms with Crippen molar-refractivity contribution in [2.45, 2.75) is 39.0 Å². The van der Waals surface area contributed by atoms with E-state index in [0.29, 0.717) is 11.1 Å². The van der Waals surface area contributed by atoms with Crippen LogP contribution < -0.4 is 5.32 Å². The second-order valence-corrected chi connectivity index (χ2v) is 5.81. The number of hydrogen-bond donors (Lipinski definition) is 1. The molecule has 1 aliphatic heterocycles. The van der Waals surface area contributed by atoms with Crippen LogP contribution in [0, 0.1) is 0 Å². The van der Waals surface area contributed by atoms with Crippen LogP contribution >= 0.6 is 11.6 Å². The largest absolute Gasteiger partial charge is 0.369 e. The Kier molecular flexibility index (Phi) is 5.40. The topological polar surface area (TPSA) is 41.1 Å². The van der Waals surface area contributed by atoms with Crippen LogP contribution in [0.1, 0.15) is 44.9 Å². The van der Waals surface area contributed by atoms with E-state index < -0.39 is 0 Å². The van der Waals surface area contributed by atoms with E-state index in [1.54, 1.807) is 6.07 Å². The van der Waals surface area contributed by atoms with Crippen molar-refractivity contribution in [1.82, 2.24) is 14.9 Å². The van der Waals surface area contributed by atoms with Crippen LogP contribution in [0.2, 0.25) is 5.15 Å². The number of rotatable bonds is 5. The zero-order valence-corrected chi connectivity index (χ0v) is 12.6. The maximum atomic E-state index is 6.02. The lowest BCUT2D eigenvalue weighted by atomic mass is 10.1. The van der Waals surface area contributed by atoms with Crippen molar-refractivity contribution in [1.29, 1.82) is 0 Å². The lowest BCUT2D eigenvalue weighted by Gasteiger charge is -2.26. The molecule has 1 fully saturated rings. The van der Waals surface area contributed by atoms with E-state index in [1.807, 2.05) is 0 Å². The standard InChI is InChI=1S/C14H23ClN4/c1-11(2)14-17-12(15)10-13(18-14)16-6-9-19-7-4-3-5-8-19/h10-11H,3-9H2,1-2H3,(H,16,17,18). The highest BCUT2D eigenvalue weighted by atomic mass is 35.5. The van der Waals surface area contributed by atoms with E-state index >= 15 is 0 Å². The molecule has 2 rings (SSSR count). The summed E-state index contributed by atoms with van der Waals surface area (Å²) in [5, 5.41) is 3.86. The van der Waals surface area contributed by atoms with E-state index in [1.165, 1.54) is 32.4 Å². The Morgan fingerprint density at radius 3 is 2.68 bits per heavy atom. The number of aromatic nitrogens is 2. The normalized spacial score (nSPS) is 16.8. The Bertz CT molecular complexity index is 402. The van der Waals surface area contributed by atoms with Crippen LogP contribution in [0.15, 0.2) is 6.07 Å². The van der Waals surface area contributed by atoms with Crippen LogP contribution in [0.3, 0.4) is 0 Å². The molecule has 19 heavy (non-hydrogen) atoms. The zero-order valence-electron chi connectivity index (χ0n) is 11.8. The molecule has 4 nitrogen and oxygen atoms in total. The highest BCUT2D eigenvalue weighted by Gasteiger charge is 2.10. The summed E-state index contributed by atoms with van der Waals surface area (Å²) in [6, 6.07) is 1.80. The molecule has 0 unspecified atom stereocenters. The number of piperidine rings is 1. The molecule has 0 aliphatic carbocycles. The first kappa shape index (κ1) is 14.5. The average Bonchev–Trinajstić information content (AvgIpc) is 2.39. The molecular formula is C14H23ClN4. The number of hydrogen-bond acceptors (Lipinski definition) is 4. The Labute approximate surface area is 120 Å². The minimum absolute atomic E-state index is 0.293. The summed E-state index contributed by atoms with van der Waals surface area (Å²) in [5.74, 6) is 1.93. The number of likely N-dealkylation sites (tertiary alicyclic amines) is 1. The molecule has 1 aromatic heterocycles. The fraction of sp³-hybridized carbons (Fsp3) is 0.714. The van der Waals surface area contributed by atoms with Gasteiger partial charge < -0.3 is 10.2 Å². The molecule has 0 aromatic carbocycles. The quantitative estimate of drug-likeness (QED) is 0.843. The molecule has 0 bridgehead atoms. The first-order chi connectivity index (χ1) is 9.15. The number of anilines is 1. The van der Waals surface area contributed by atoms with Crippen LogP contribution in [0.25, 0.3) is 0 Å². The molecule has 1 aromatic rings. The van der Waals surface area contributed by atoms with E-state index in [0.717, 1.165) is 24.7 Å². The van der Waals surface area contributed by atoms with E-state index in [9.17, 15) is 0 Å². The van der Waals surface area contributed by atoms with Gasteiger partial charge in [-0.25, -0.2) is 9.97 Å². The smallest absolute Gasteiger partial charge is 0.135 e. The van der Waals surface area contributed by atoms with Gasteiger partial charge in [0, 0.05) is 25.1 Å². The molecule has 0 atom stereocenters. The van der Waals surface area contributed by atoms with Crippen LogP contribution in [-0.2, 0) is 0 Å². The van der Waals surface area contributed by atoms with Gasteiger partial charge in [0.15, 0.2) is 0 Å². The number of halogens is 1. The Morgan fingerprint density at radius 2 is 2.00 bits per heavy atom. The molecule has 0 amide bonds. The maximum Gasteiger partial charge on any atom is 0.135 e. The van der Waals surface area contributed by atoms with Gasteiger partial charge in [-0.3, -0.25) is 0 Å². The first-order valence-electron chi connectivity index (χ1n) is 7.16. The fourth-order valence-corrected chi connectivity index (χ4v) is 2.50. The summed E-state index contributed by atoms with van der Waals surface area (Å²) in [6.07, 6.45) is 4.04. The van der Waals surface area contributed by atoms with Gasteiger partial charge in [0.1, 0.15) is 16.8 Å². The molecule has 0 spiro atoms. The monoisotopic (exact) mass is 282 g/mol. The lowest BCUT2D eigenvalue weighted by molar-refractivity contribution is 0.237. The van der Waals surface area contributed by atoms with E-state index in [4.69, 9.17) is 11.6 Å². The van der Waals surface area contributed by atoms with E-state index in [-0.39, 0.29) is 0 Å². The van der Waals surface area contributed by atoms with Crippen molar-refractivity contribution in [3.05, 3.63) is 17.0 Å². The van der Waals surface area contributed by atoms with Gasteiger partial charge in [0.25, 0.3) is 0 Å². The molecule has 1 aliphatic rings. The molecule has 2 heterocycles. The third kappa shape index (κ3) is 4.62. The minimum Gasteiger partial charge on any atom is -0.369 e. The summed E-state index contributed by atoms with van der Waals surface area (Å²) < 4.78 is 0. The van der Waals surface area contributed by atoms with Gasteiger partial charge in [0.05, 0.1) is 0 Å². The average molecular weight is 283 g/mol. The predicted octanol–water partition coefficient (Wildman–Crippen LogP) is 3.15. The zero-order chi connectivity index (χ0) is 13.7. The summed E-state index contributed by atoms with van der Waals surface area (Å²) in [4.78, 5) is 11.2. The summed E-state index contributed by atoms with van der Waals surface area (Å²) in [6.45, 7) is 8.57. The van der Waals surface area contributed by atoms with Gasteiger partial charge >= 0.3 is 0 Å². The molecule has 0 saturated carbocycles. The molecule has 1 saturated heterocycles. The SMILES string of the molecule is CC(C)c1nc(Cl)cc(NCCN2CCCCC2)n1. The maximum absolute atomic E-state index is 6.02. The third-order valence-electron chi connectivity index (χ3n) is 3.41. The molecule has 0 radical (unpaired) electrons. The van der Waals surface area contributed by atoms with Crippen molar-refractivity contribution < 1.29 is 0 Å². The molecule has 1 N–H and O–H groups in total. The third-order valence-corrected chi connectivity index (χ3v) is 3.61.